The van der Waals surface area contributed by atoms with Gasteiger partial charge >= 0.3 is 12.2 Å². The molecule has 1 heterocycles. The second kappa shape index (κ2) is 13.1. The highest BCUT2D eigenvalue weighted by atomic mass is 32.2. The first kappa shape index (κ1) is 27.9. The number of benzene rings is 2. The van der Waals surface area contributed by atoms with Gasteiger partial charge in [-0.25, -0.2) is 9.78 Å². The van der Waals surface area contributed by atoms with Crippen LogP contribution in [0.3, 0.4) is 0 Å². The van der Waals surface area contributed by atoms with Gasteiger partial charge in [-0.3, -0.25) is 10.1 Å². The molecule has 0 aliphatic carbocycles. The first-order valence-corrected chi connectivity index (χ1v) is 12.2. The first-order valence-electron chi connectivity index (χ1n) is 11.2. The summed E-state index contributed by atoms with van der Waals surface area (Å²) in [6, 6.07) is 13.7. The lowest BCUT2D eigenvalue weighted by atomic mass is 10.1. The Morgan fingerprint density at radius 1 is 1.00 bits per heavy atom. The van der Waals surface area contributed by atoms with Gasteiger partial charge in [-0.1, -0.05) is 43.0 Å². The Bertz CT molecular complexity index is 1210. The van der Waals surface area contributed by atoms with E-state index in [2.05, 4.69) is 20.6 Å². The summed E-state index contributed by atoms with van der Waals surface area (Å²) in [6.45, 7) is 2.53. The zero-order valence-electron chi connectivity index (χ0n) is 20.1. The van der Waals surface area contributed by atoms with Crippen molar-refractivity contribution < 1.29 is 32.2 Å². The van der Waals surface area contributed by atoms with Gasteiger partial charge in [-0.2, -0.15) is 18.2 Å². The van der Waals surface area contributed by atoms with Gasteiger partial charge in [-0.15, -0.1) is 0 Å². The monoisotopic (exact) mass is 534 g/mol. The quantitative estimate of drug-likeness (QED) is 0.262. The number of aromatic nitrogens is 2. The molecule has 0 aliphatic rings. The lowest BCUT2D eigenvalue weighted by molar-refractivity contribution is -0.141. The number of ether oxygens (including phenoxy) is 2. The lowest BCUT2D eigenvalue weighted by Gasteiger charge is -2.11. The molecule has 0 aliphatic heterocycles. The van der Waals surface area contributed by atoms with E-state index in [4.69, 9.17) is 9.47 Å². The number of amides is 3. The van der Waals surface area contributed by atoms with Crippen LogP contribution >= 0.6 is 11.8 Å². The van der Waals surface area contributed by atoms with Crippen molar-refractivity contribution in [3.05, 3.63) is 71.4 Å². The van der Waals surface area contributed by atoms with Crippen LogP contribution in [0.4, 0.5) is 23.7 Å². The Balaban J connectivity index is 1.62. The van der Waals surface area contributed by atoms with Gasteiger partial charge in [0.25, 0.3) is 0 Å². The maximum Gasteiger partial charge on any atom is 0.433 e. The molecule has 12 heteroatoms. The van der Waals surface area contributed by atoms with E-state index < -0.39 is 29.6 Å². The van der Waals surface area contributed by atoms with Crippen LogP contribution in [0.2, 0.25) is 0 Å². The number of halogens is 3. The van der Waals surface area contributed by atoms with Crippen molar-refractivity contribution in [1.82, 2.24) is 15.3 Å². The third-order valence-electron chi connectivity index (χ3n) is 4.92. The fourth-order valence-electron chi connectivity index (χ4n) is 3.01. The Morgan fingerprint density at radius 2 is 1.68 bits per heavy atom. The molecule has 3 rings (SSSR count). The number of carbonyl (C=O) groups is 2. The van der Waals surface area contributed by atoms with Crippen molar-refractivity contribution in [3.8, 4) is 11.6 Å². The molecular weight excluding hydrogens is 509 g/mol. The highest BCUT2D eigenvalue weighted by Gasteiger charge is 2.34. The van der Waals surface area contributed by atoms with Gasteiger partial charge in [0.2, 0.25) is 11.8 Å². The van der Waals surface area contributed by atoms with Gasteiger partial charge in [-0.05, 0) is 48.2 Å². The van der Waals surface area contributed by atoms with E-state index in [0.717, 1.165) is 17.5 Å². The Kier molecular flexibility index (Phi) is 9.86. The van der Waals surface area contributed by atoms with Gasteiger partial charge in [0.1, 0.15) is 5.75 Å². The Morgan fingerprint density at radius 3 is 2.30 bits per heavy atom. The molecule has 2 aromatic carbocycles. The SMILES string of the molecule is CCc1ccc(NC(=O)NC(=O)CSc2nc(Oc3ccc(CCOC)cc3)cc(C(F)(F)F)n2)cc1. The second-order valence-corrected chi connectivity index (χ2v) is 8.64. The number of nitrogens with zero attached hydrogens (tertiary/aromatic N) is 2. The molecule has 2 N–H and O–H groups in total. The molecule has 8 nitrogen and oxygen atoms in total. The molecule has 0 radical (unpaired) electrons. The molecular formula is C25H25F3N4O4S. The minimum Gasteiger partial charge on any atom is -0.439 e. The summed E-state index contributed by atoms with van der Waals surface area (Å²) in [5, 5.41) is 4.31. The van der Waals surface area contributed by atoms with Crippen molar-refractivity contribution in [2.24, 2.45) is 0 Å². The number of carbonyl (C=O) groups excluding carboxylic acids is 2. The average Bonchev–Trinajstić information content (AvgIpc) is 2.87. The second-order valence-electron chi connectivity index (χ2n) is 7.70. The van der Waals surface area contributed by atoms with E-state index in [0.29, 0.717) is 36.5 Å². The van der Waals surface area contributed by atoms with E-state index in [9.17, 15) is 22.8 Å². The van der Waals surface area contributed by atoms with Crippen LogP contribution in [-0.4, -0.2) is 41.4 Å². The molecule has 196 valence electrons. The largest absolute Gasteiger partial charge is 0.439 e. The van der Waals surface area contributed by atoms with Crippen LogP contribution in [0.1, 0.15) is 23.7 Å². The summed E-state index contributed by atoms with van der Waals surface area (Å²) in [5.74, 6) is -1.17. The normalized spacial score (nSPS) is 11.2. The van der Waals surface area contributed by atoms with Crippen molar-refractivity contribution in [2.45, 2.75) is 31.1 Å². The van der Waals surface area contributed by atoms with Gasteiger partial charge in [0, 0.05) is 18.9 Å². The van der Waals surface area contributed by atoms with E-state index in [1.54, 1.807) is 43.5 Å². The number of imide groups is 1. The number of hydrogen-bond acceptors (Lipinski definition) is 7. The predicted octanol–water partition coefficient (Wildman–Crippen LogP) is 5.48. The van der Waals surface area contributed by atoms with Crippen molar-refractivity contribution >= 4 is 29.4 Å². The fourth-order valence-corrected chi connectivity index (χ4v) is 3.66. The standard InChI is InChI=1S/C25H25F3N4O4S/c1-3-16-4-8-18(9-5-16)29-23(34)31-21(33)15-37-24-30-20(25(26,27)28)14-22(32-24)36-19-10-6-17(7-11-19)12-13-35-2/h4-11,14H,3,12-13,15H2,1-2H3,(H2,29,31,33,34). The molecule has 0 atom stereocenters. The summed E-state index contributed by atoms with van der Waals surface area (Å²) in [4.78, 5) is 31.7. The van der Waals surface area contributed by atoms with Gasteiger partial charge in [0.05, 0.1) is 12.4 Å². The number of aryl methyl sites for hydroxylation is 1. The van der Waals surface area contributed by atoms with E-state index in [1.165, 1.54) is 0 Å². The molecule has 0 bridgehead atoms. The van der Waals surface area contributed by atoms with Crippen LogP contribution in [0, 0.1) is 0 Å². The minimum atomic E-state index is -4.75. The summed E-state index contributed by atoms with van der Waals surface area (Å²) in [5.41, 5.74) is 1.33. The van der Waals surface area contributed by atoms with Crippen LogP contribution in [0.15, 0.2) is 59.8 Å². The molecule has 3 aromatic rings. The van der Waals surface area contributed by atoms with Gasteiger partial charge in [0.15, 0.2) is 10.9 Å². The summed E-state index contributed by atoms with van der Waals surface area (Å²) in [6.07, 6.45) is -3.24. The third kappa shape index (κ3) is 9.07. The smallest absolute Gasteiger partial charge is 0.433 e. The molecule has 3 amide bonds. The highest BCUT2D eigenvalue weighted by molar-refractivity contribution is 7.99. The van der Waals surface area contributed by atoms with Crippen molar-refractivity contribution in [2.75, 3.05) is 24.8 Å². The Hall–Kier alpha value is -3.64. The van der Waals surface area contributed by atoms with Gasteiger partial charge < -0.3 is 14.8 Å². The van der Waals surface area contributed by atoms with Crippen LogP contribution in [0.25, 0.3) is 0 Å². The van der Waals surface area contributed by atoms with Crippen molar-refractivity contribution in [1.29, 1.82) is 0 Å². The van der Waals surface area contributed by atoms with Crippen LogP contribution < -0.4 is 15.4 Å². The maximum absolute atomic E-state index is 13.4. The molecule has 0 saturated carbocycles. The third-order valence-corrected chi connectivity index (χ3v) is 5.77. The number of hydrogen-bond donors (Lipinski definition) is 2. The van der Waals surface area contributed by atoms with Crippen molar-refractivity contribution in [3.63, 3.8) is 0 Å². The van der Waals surface area contributed by atoms with E-state index in [-0.39, 0.29) is 16.8 Å². The van der Waals surface area contributed by atoms with Crippen LogP contribution in [0.5, 0.6) is 11.6 Å². The van der Waals surface area contributed by atoms with Crippen LogP contribution in [-0.2, 0) is 28.5 Å². The number of nitrogens with one attached hydrogen (secondary N) is 2. The average molecular weight is 535 g/mol. The fraction of sp³-hybridized carbons (Fsp3) is 0.280. The summed E-state index contributed by atoms with van der Waals surface area (Å²) < 4.78 is 50.7. The molecule has 0 spiro atoms. The molecule has 1 aromatic heterocycles. The molecule has 0 saturated heterocycles. The number of alkyl halides is 3. The number of methoxy groups -OCH3 is 1. The summed E-state index contributed by atoms with van der Waals surface area (Å²) in [7, 11) is 1.59. The topological polar surface area (TPSA) is 102 Å². The number of rotatable bonds is 10. The number of thioether (sulfide) groups is 1. The molecule has 0 fully saturated rings. The first-order chi connectivity index (χ1) is 17.7. The molecule has 37 heavy (non-hydrogen) atoms. The van der Waals surface area contributed by atoms with E-state index >= 15 is 0 Å². The summed E-state index contributed by atoms with van der Waals surface area (Å²) >= 11 is 0.640. The molecule has 0 unspecified atom stereocenters. The Labute approximate surface area is 216 Å². The highest BCUT2D eigenvalue weighted by Crippen LogP contribution is 2.32. The zero-order valence-corrected chi connectivity index (χ0v) is 20.9. The minimum absolute atomic E-state index is 0.283. The lowest BCUT2D eigenvalue weighted by Crippen LogP contribution is -2.35. The number of anilines is 1. The maximum atomic E-state index is 13.4. The zero-order chi connectivity index (χ0) is 26.8. The number of urea groups is 1. The predicted molar refractivity (Wildman–Crippen MR) is 133 cm³/mol. The van der Waals surface area contributed by atoms with E-state index in [1.807, 2.05) is 19.1 Å².